The van der Waals surface area contributed by atoms with Crippen LogP contribution in [-0.2, 0) is 22.6 Å². The first-order valence-corrected chi connectivity index (χ1v) is 8.07. The molecule has 2 rings (SSSR count). The van der Waals surface area contributed by atoms with Crippen molar-refractivity contribution in [2.45, 2.75) is 39.3 Å². The van der Waals surface area contributed by atoms with Gasteiger partial charge in [0.25, 0.3) is 5.91 Å². The number of carbonyl (C=O) groups is 2. The van der Waals surface area contributed by atoms with Gasteiger partial charge in [0, 0.05) is 18.5 Å². The van der Waals surface area contributed by atoms with Gasteiger partial charge in [-0.25, -0.2) is 0 Å². The SMILES string of the molecule is CCCNC(=O)[C@@H](C)NC(=O)C[NH+]1CCc2ccccc2C1. The zero-order valence-electron chi connectivity index (χ0n) is 13.4. The molecule has 3 N–H and O–H groups in total. The Morgan fingerprint density at radius 1 is 1.27 bits per heavy atom. The van der Waals surface area contributed by atoms with Gasteiger partial charge in [-0.05, 0) is 18.9 Å². The Hall–Kier alpha value is -1.88. The second-order valence-corrected chi connectivity index (χ2v) is 5.95. The molecule has 0 saturated heterocycles. The standard InChI is InChI=1S/C17H25N3O2/c1-3-9-18-17(22)13(2)19-16(21)12-20-10-8-14-6-4-5-7-15(14)11-20/h4-7,13H,3,8-12H2,1-2H3,(H,18,22)(H,19,21)/p+1/t13-/m1/s1. The summed E-state index contributed by atoms with van der Waals surface area (Å²) in [7, 11) is 0. The van der Waals surface area contributed by atoms with Crippen LogP contribution in [0.3, 0.4) is 0 Å². The van der Waals surface area contributed by atoms with Gasteiger partial charge in [0.15, 0.2) is 6.54 Å². The number of fused-ring (bicyclic) bond motifs is 1. The Labute approximate surface area is 132 Å². The van der Waals surface area contributed by atoms with Gasteiger partial charge in [-0.3, -0.25) is 9.59 Å². The molecule has 2 atom stereocenters. The molecule has 1 aliphatic rings. The summed E-state index contributed by atoms with van der Waals surface area (Å²) in [4.78, 5) is 25.1. The first kappa shape index (κ1) is 16.5. The van der Waals surface area contributed by atoms with Crippen molar-refractivity contribution in [3.63, 3.8) is 0 Å². The maximum atomic E-state index is 12.1. The highest BCUT2D eigenvalue weighted by atomic mass is 16.2. The summed E-state index contributed by atoms with van der Waals surface area (Å²) >= 11 is 0. The lowest BCUT2D eigenvalue weighted by Crippen LogP contribution is -3.13. The fourth-order valence-electron chi connectivity index (χ4n) is 2.78. The number of carbonyl (C=O) groups excluding carboxylic acids is 2. The van der Waals surface area contributed by atoms with Crippen molar-refractivity contribution < 1.29 is 14.5 Å². The monoisotopic (exact) mass is 304 g/mol. The zero-order valence-corrected chi connectivity index (χ0v) is 13.4. The lowest BCUT2D eigenvalue weighted by atomic mass is 10.00. The van der Waals surface area contributed by atoms with E-state index in [0.29, 0.717) is 13.1 Å². The van der Waals surface area contributed by atoms with Gasteiger partial charge in [-0.15, -0.1) is 0 Å². The highest BCUT2D eigenvalue weighted by Gasteiger charge is 2.23. The van der Waals surface area contributed by atoms with Crippen LogP contribution in [0.15, 0.2) is 24.3 Å². The van der Waals surface area contributed by atoms with Crippen LogP contribution >= 0.6 is 0 Å². The average molecular weight is 304 g/mol. The molecule has 1 unspecified atom stereocenters. The Morgan fingerprint density at radius 3 is 2.73 bits per heavy atom. The molecule has 0 spiro atoms. The van der Waals surface area contributed by atoms with Crippen molar-refractivity contribution >= 4 is 11.8 Å². The number of hydrogen-bond donors (Lipinski definition) is 3. The second-order valence-electron chi connectivity index (χ2n) is 5.95. The van der Waals surface area contributed by atoms with Crippen molar-refractivity contribution in [3.8, 4) is 0 Å². The first-order valence-electron chi connectivity index (χ1n) is 8.07. The third-order valence-electron chi connectivity index (χ3n) is 4.04. The van der Waals surface area contributed by atoms with Crippen molar-refractivity contribution in [2.75, 3.05) is 19.6 Å². The predicted molar refractivity (Wildman–Crippen MR) is 85.5 cm³/mol. The minimum Gasteiger partial charge on any atom is -0.354 e. The maximum absolute atomic E-state index is 12.1. The highest BCUT2D eigenvalue weighted by Crippen LogP contribution is 2.10. The largest absolute Gasteiger partial charge is 0.354 e. The fourth-order valence-corrected chi connectivity index (χ4v) is 2.78. The molecule has 0 radical (unpaired) electrons. The van der Waals surface area contributed by atoms with E-state index < -0.39 is 6.04 Å². The maximum Gasteiger partial charge on any atom is 0.275 e. The summed E-state index contributed by atoms with van der Waals surface area (Å²) in [5, 5.41) is 5.58. The minimum atomic E-state index is -0.476. The van der Waals surface area contributed by atoms with E-state index in [1.807, 2.05) is 13.0 Å². The zero-order chi connectivity index (χ0) is 15.9. The van der Waals surface area contributed by atoms with E-state index in [1.165, 1.54) is 16.0 Å². The van der Waals surface area contributed by atoms with Crippen LogP contribution in [0.4, 0.5) is 0 Å². The molecule has 1 heterocycles. The molecule has 1 aliphatic heterocycles. The van der Waals surface area contributed by atoms with Crippen molar-refractivity contribution in [1.82, 2.24) is 10.6 Å². The van der Waals surface area contributed by atoms with Crippen LogP contribution in [0.2, 0.25) is 0 Å². The number of quaternary nitrogens is 1. The molecule has 120 valence electrons. The average Bonchev–Trinajstić information content (AvgIpc) is 2.52. The highest BCUT2D eigenvalue weighted by molar-refractivity contribution is 5.87. The molecular formula is C17H26N3O2+. The Bertz CT molecular complexity index is 530. The molecule has 0 aromatic heterocycles. The summed E-state index contributed by atoms with van der Waals surface area (Å²) < 4.78 is 0. The Morgan fingerprint density at radius 2 is 2.00 bits per heavy atom. The van der Waals surface area contributed by atoms with Gasteiger partial charge in [-0.1, -0.05) is 31.2 Å². The van der Waals surface area contributed by atoms with E-state index >= 15 is 0 Å². The molecule has 1 aromatic carbocycles. The third-order valence-corrected chi connectivity index (χ3v) is 4.04. The van der Waals surface area contributed by atoms with E-state index in [1.54, 1.807) is 6.92 Å². The summed E-state index contributed by atoms with van der Waals surface area (Å²) in [5.74, 6) is -0.178. The molecule has 0 bridgehead atoms. The van der Waals surface area contributed by atoms with Crippen LogP contribution in [-0.4, -0.2) is 37.5 Å². The first-order chi connectivity index (χ1) is 10.6. The van der Waals surface area contributed by atoms with Gasteiger partial charge >= 0.3 is 0 Å². The van der Waals surface area contributed by atoms with Gasteiger partial charge in [0.2, 0.25) is 5.91 Å². The van der Waals surface area contributed by atoms with Crippen LogP contribution in [0.5, 0.6) is 0 Å². The molecule has 5 nitrogen and oxygen atoms in total. The number of nitrogens with one attached hydrogen (secondary N) is 3. The number of hydrogen-bond acceptors (Lipinski definition) is 2. The van der Waals surface area contributed by atoms with E-state index in [2.05, 4.69) is 28.8 Å². The van der Waals surface area contributed by atoms with Crippen LogP contribution < -0.4 is 15.5 Å². The van der Waals surface area contributed by atoms with Gasteiger partial charge in [-0.2, -0.15) is 0 Å². The normalized spacial score (nSPS) is 18.2. The topological polar surface area (TPSA) is 62.6 Å². The number of amides is 2. The van der Waals surface area contributed by atoms with Gasteiger partial charge in [0.05, 0.1) is 6.54 Å². The lowest BCUT2D eigenvalue weighted by Gasteiger charge is -2.25. The van der Waals surface area contributed by atoms with Crippen molar-refractivity contribution in [1.29, 1.82) is 0 Å². The fraction of sp³-hybridized carbons (Fsp3) is 0.529. The lowest BCUT2D eigenvalue weighted by molar-refractivity contribution is -0.908. The Kier molecular flexibility index (Phi) is 5.95. The summed E-state index contributed by atoms with van der Waals surface area (Å²) in [6, 6.07) is 7.92. The number of rotatable bonds is 6. The number of benzene rings is 1. The van der Waals surface area contributed by atoms with Crippen molar-refractivity contribution in [2.24, 2.45) is 0 Å². The third kappa shape index (κ3) is 4.56. The van der Waals surface area contributed by atoms with E-state index in [4.69, 9.17) is 0 Å². The Balaban J connectivity index is 1.79. The summed E-state index contributed by atoms with van der Waals surface area (Å²) in [6.45, 7) is 6.62. The van der Waals surface area contributed by atoms with Crippen LogP contribution in [0.25, 0.3) is 0 Å². The molecule has 22 heavy (non-hydrogen) atoms. The quantitative estimate of drug-likeness (QED) is 0.673. The smallest absolute Gasteiger partial charge is 0.275 e. The second kappa shape index (κ2) is 7.94. The van der Waals surface area contributed by atoms with Gasteiger partial charge in [0.1, 0.15) is 12.6 Å². The van der Waals surface area contributed by atoms with E-state index in [9.17, 15) is 9.59 Å². The van der Waals surface area contributed by atoms with Crippen LogP contribution in [0.1, 0.15) is 31.4 Å². The molecule has 2 amide bonds. The molecule has 5 heteroatoms. The molecular weight excluding hydrogens is 278 g/mol. The van der Waals surface area contributed by atoms with Gasteiger partial charge < -0.3 is 15.5 Å². The molecule has 0 saturated carbocycles. The van der Waals surface area contributed by atoms with E-state index in [0.717, 1.165) is 25.9 Å². The predicted octanol–water partition coefficient (Wildman–Crippen LogP) is -0.341. The van der Waals surface area contributed by atoms with Crippen LogP contribution in [0, 0.1) is 0 Å². The molecule has 0 aliphatic carbocycles. The summed E-state index contributed by atoms with van der Waals surface area (Å²) in [5.41, 5.74) is 2.71. The molecule has 1 aromatic rings. The summed E-state index contributed by atoms with van der Waals surface area (Å²) in [6.07, 6.45) is 1.90. The molecule has 0 fully saturated rings. The minimum absolute atomic E-state index is 0.0615. The van der Waals surface area contributed by atoms with Crippen molar-refractivity contribution in [3.05, 3.63) is 35.4 Å². The van der Waals surface area contributed by atoms with E-state index in [-0.39, 0.29) is 11.8 Å².